The molecule has 1 aromatic rings. The lowest BCUT2D eigenvalue weighted by atomic mass is 10.2. The predicted molar refractivity (Wildman–Crippen MR) is 81.8 cm³/mol. The van der Waals surface area contributed by atoms with E-state index in [1.54, 1.807) is 6.92 Å². The molecule has 0 radical (unpaired) electrons. The molecule has 0 bridgehead atoms. The summed E-state index contributed by atoms with van der Waals surface area (Å²) >= 11 is 17.7. The van der Waals surface area contributed by atoms with Gasteiger partial charge in [0.1, 0.15) is 6.61 Å². The van der Waals surface area contributed by atoms with Crippen LogP contribution in [0.15, 0.2) is 12.1 Å². The summed E-state index contributed by atoms with van der Waals surface area (Å²) in [5.41, 5.74) is 0.501. The summed E-state index contributed by atoms with van der Waals surface area (Å²) in [6.45, 7) is 2.02. The van der Waals surface area contributed by atoms with E-state index in [4.69, 9.17) is 44.3 Å². The molecule has 0 unspecified atom stereocenters. The summed E-state index contributed by atoms with van der Waals surface area (Å²) in [4.78, 5) is 22.7. The average Bonchev–Trinajstić information content (AvgIpc) is 2.37. The fourth-order valence-electron chi connectivity index (χ4n) is 1.55. The number of carbonyl (C=O) groups excluding carboxylic acids is 2. The van der Waals surface area contributed by atoms with Gasteiger partial charge in [0.05, 0.1) is 16.7 Å². The molecule has 0 amide bonds. The molecular formula is C14H15Cl3O4. The van der Waals surface area contributed by atoms with Gasteiger partial charge >= 0.3 is 11.9 Å². The number of esters is 2. The lowest BCUT2D eigenvalue weighted by Gasteiger charge is -2.09. The van der Waals surface area contributed by atoms with Gasteiger partial charge in [-0.2, -0.15) is 0 Å². The zero-order valence-corrected chi connectivity index (χ0v) is 13.7. The lowest BCUT2D eigenvalue weighted by Crippen LogP contribution is -2.08. The van der Waals surface area contributed by atoms with Gasteiger partial charge in [-0.25, -0.2) is 0 Å². The highest BCUT2D eigenvalue weighted by Crippen LogP contribution is 2.29. The van der Waals surface area contributed by atoms with Gasteiger partial charge in [-0.15, -0.1) is 0 Å². The molecule has 0 aromatic heterocycles. The van der Waals surface area contributed by atoms with E-state index in [1.807, 2.05) is 0 Å². The fraction of sp³-hybridized carbons (Fsp3) is 0.429. The van der Waals surface area contributed by atoms with Crippen molar-refractivity contribution < 1.29 is 19.1 Å². The van der Waals surface area contributed by atoms with Crippen LogP contribution in [0.1, 0.15) is 31.7 Å². The second-order valence-electron chi connectivity index (χ2n) is 4.17. The third kappa shape index (κ3) is 6.55. The molecule has 4 nitrogen and oxygen atoms in total. The lowest BCUT2D eigenvalue weighted by molar-refractivity contribution is -0.146. The summed E-state index contributed by atoms with van der Waals surface area (Å²) in [6.07, 6.45) is 0.687. The van der Waals surface area contributed by atoms with Crippen molar-refractivity contribution in [2.45, 2.75) is 32.8 Å². The molecule has 116 valence electrons. The molecule has 0 saturated carbocycles. The first-order chi connectivity index (χ1) is 9.93. The van der Waals surface area contributed by atoms with Crippen molar-refractivity contribution in [1.82, 2.24) is 0 Å². The number of halogens is 3. The Morgan fingerprint density at radius 2 is 1.52 bits per heavy atom. The molecule has 1 rings (SSSR count). The highest BCUT2D eigenvalue weighted by atomic mass is 35.5. The first-order valence-corrected chi connectivity index (χ1v) is 7.52. The number of ether oxygens (including phenoxy) is 2. The van der Waals surface area contributed by atoms with Crippen LogP contribution in [0, 0.1) is 0 Å². The normalized spacial score (nSPS) is 10.3. The van der Waals surface area contributed by atoms with Gasteiger partial charge in [0.2, 0.25) is 0 Å². The standard InChI is InChI=1S/C14H15Cl3O4/c1-2-20-13(18)4-3-5-14(19)21-8-10-11(16)6-9(15)7-12(10)17/h6-7H,2-5,8H2,1H3. The van der Waals surface area contributed by atoms with Crippen LogP contribution in [0.5, 0.6) is 0 Å². The summed E-state index contributed by atoms with van der Waals surface area (Å²) in [5, 5.41) is 1.09. The number of hydrogen-bond donors (Lipinski definition) is 0. The molecule has 0 saturated heterocycles. The number of hydrogen-bond acceptors (Lipinski definition) is 4. The second-order valence-corrected chi connectivity index (χ2v) is 5.42. The molecule has 0 spiro atoms. The summed E-state index contributed by atoms with van der Waals surface area (Å²) in [7, 11) is 0. The molecule has 21 heavy (non-hydrogen) atoms. The van der Waals surface area contributed by atoms with E-state index in [-0.39, 0.29) is 25.4 Å². The quantitative estimate of drug-likeness (QED) is 0.681. The SMILES string of the molecule is CCOC(=O)CCCC(=O)OCc1c(Cl)cc(Cl)cc1Cl. The van der Waals surface area contributed by atoms with Crippen molar-refractivity contribution in [3.05, 3.63) is 32.8 Å². The molecule has 0 heterocycles. The zero-order chi connectivity index (χ0) is 15.8. The molecule has 0 fully saturated rings. The Hall–Kier alpha value is -0.970. The van der Waals surface area contributed by atoms with Crippen molar-refractivity contribution in [1.29, 1.82) is 0 Å². The number of rotatable bonds is 7. The minimum absolute atomic E-state index is 0.0346. The molecule has 0 aliphatic carbocycles. The highest BCUT2D eigenvalue weighted by Gasteiger charge is 2.11. The van der Waals surface area contributed by atoms with Gasteiger partial charge in [0.25, 0.3) is 0 Å². The van der Waals surface area contributed by atoms with Crippen LogP contribution in [0.4, 0.5) is 0 Å². The first-order valence-electron chi connectivity index (χ1n) is 6.38. The topological polar surface area (TPSA) is 52.6 Å². The van der Waals surface area contributed by atoms with E-state index in [9.17, 15) is 9.59 Å². The van der Waals surface area contributed by atoms with Crippen molar-refractivity contribution in [2.24, 2.45) is 0 Å². The Kier molecular flexibility index (Phi) is 7.86. The molecule has 0 N–H and O–H groups in total. The number of carbonyl (C=O) groups is 2. The molecule has 0 aliphatic heterocycles. The second kappa shape index (κ2) is 9.13. The van der Waals surface area contributed by atoms with Crippen LogP contribution in [0.25, 0.3) is 0 Å². The van der Waals surface area contributed by atoms with Crippen molar-refractivity contribution in [2.75, 3.05) is 6.61 Å². The Bertz CT molecular complexity index is 494. The van der Waals surface area contributed by atoms with Crippen LogP contribution < -0.4 is 0 Å². The molecular weight excluding hydrogens is 339 g/mol. The highest BCUT2D eigenvalue weighted by molar-refractivity contribution is 6.39. The van der Waals surface area contributed by atoms with E-state index in [1.165, 1.54) is 12.1 Å². The van der Waals surface area contributed by atoms with Gasteiger partial charge in [-0.05, 0) is 25.5 Å². The Morgan fingerprint density at radius 1 is 1.00 bits per heavy atom. The minimum Gasteiger partial charge on any atom is -0.466 e. The Morgan fingerprint density at radius 3 is 2.05 bits per heavy atom. The van der Waals surface area contributed by atoms with Gasteiger partial charge in [0.15, 0.2) is 0 Å². The van der Waals surface area contributed by atoms with Gasteiger partial charge in [-0.1, -0.05) is 34.8 Å². The Balaban J connectivity index is 2.38. The van der Waals surface area contributed by atoms with Crippen LogP contribution >= 0.6 is 34.8 Å². The van der Waals surface area contributed by atoms with E-state index >= 15 is 0 Å². The monoisotopic (exact) mass is 352 g/mol. The third-order valence-electron chi connectivity index (χ3n) is 2.55. The maximum absolute atomic E-state index is 11.6. The summed E-state index contributed by atoms with van der Waals surface area (Å²) in [5.74, 6) is -0.754. The first kappa shape index (κ1) is 18.1. The van der Waals surface area contributed by atoms with Crippen LogP contribution in [-0.2, 0) is 25.7 Å². The zero-order valence-electron chi connectivity index (χ0n) is 11.5. The fourth-order valence-corrected chi connectivity index (χ4v) is 2.47. The largest absolute Gasteiger partial charge is 0.466 e. The van der Waals surface area contributed by atoms with E-state index < -0.39 is 5.97 Å². The minimum atomic E-state index is -0.429. The summed E-state index contributed by atoms with van der Waals surface area (Å²) < 4.78 is 9.83. The van der Waals surface area contributed by atoms with E-state index in [0.29, 0.717) is 33.7 Å². The van der Waals surface area contributed by atoms with Crippen LogP contribution in [-0.4, -0.2) is 18.5 Å². The molecule has 0 aliphatic rings. The maximum Gasteiger partial charge on any atom is 0.306 e. The predicted octanol–water partition coefficient (Wildman–Crippen LogP) is 4.42. The van der Waals surface area contributed by atoms with Crippen molar-refractivity contribution >= 4 is 46.7 Å². The smallest absolute Gasteiger partial charge is 0.306 e. The van der Waals surface area contributed by atoms with Gasteiger partial charge in [0, 0.05) is 23.4 Å². The van der Waals surface area contributed by atoms with E-state index in [2.05, 4.69) is 0 Å². The Labute approximate surface area is 138 Å². The summed E-state index contributed by atoms with van der Waals surface area (Å²) in [6, 6.07) is 3.05. The van der Waals surface area contributed by atoms with Crippen LogP contribution in [0.3, 0.4) is 0 Å². The van der Waals surface area contributed by atoms with Gasteiger partial charge in [-0.3, -0.25) is 9.59 Å². The van der Waals surface area contributed by atoms with Crippen LogP contribution in [0.2, 0.25) is 15.1 Å². The molecule has 7 heteroatoms. The third-order valence-corrected chi connectivity index (χ3v) is 3.44. The van der Waals surface area contributed by atoms with Gasteiger partial charge < -0.3 is 9.47 Å². The average molecular weight is 354 g/mol. The van der Waals surface area contributed by atoms with E-state index in [0.717, 1.165) is 0 Å². The van der Waals surface area contributed by atoms with Crippen molar-refractivity contribution in [3.8, 4) is 0 Å². The maximum atomic E-state index is 11.6. The van der Waals surface area contributed by atoms with Crippen molar-refractivity contribution in [3.63, 3.8) is 0 Å². The number of benzene rings is 1. The molecule has 0 atom stereocenters. The molecule has 1 aromatic carbocycles.